The van der Waals surface area contributed by atoms with Crippen LogP contribution in [0.5, 0.6) is 5.75 Å². The molecule has 23 heavy (non-hydrogen) atoms. The standard InChI is InChI=1S/C17H16ClN3O.ClH/c1-20-17(5-6-17)11-22-14-8-15(16(18)21-10-14)13-4-2-3-12(7-13)9-19;/h2-4,7-8,10,20H,5-6,11H2,1H3;1H. The summed E-state index contributed by atoms with van der Waals surface area (Å²) in [5.41, 5.74) is 2.33. The van der Waals surface area contributed by atoms with Crippen molar-refractivity contribution in [2.75, 3.05) is 13.7 Å². The molecule has 2 aromatic rings. The number of rotatable bonds is 5. The van der Waals surface area contributed by atoms with Crippen molar-refractivity contribution >= 4 is 24.0 Å². The number of hydrogen-bond acceptors (Lipinski definition) is 4. The molecule has 0 atom stereocenters. The van der Waals surface area contributed by atoms with Crippen molar-refractivity contribution < 1.29 is 4.74 Å². The fourth-order valence-electron chi connectivity index (χ4n) is 2.31. The zero-order chi connectivity index (χ0) is 15.6. The Bertz CT molecular complexity index is 739. The lowest BCUT2D eigenvalue weighted by Crippen LogP contribution is -2.33. The SMILES string of the molecule is CNC1(COc2cnc(Cl)c(-c3cccc(C#N)c3)c2)CC1.Cl. The smallest absolute Gasteiger partial charge is 0.138 e. The van der Waals surface area contributed by atoms with E-state index in [2.05, 4.69) is 16.4 Å². The van der Waals surface area contributed by atoms with Crippen molar-refractivity contribution in [2.45, 2.75) is 18.4 Å². The summed E-state index contributed by atoms with van der Waals surface area (Å²) in [6.07, 6.45) is 3.88. The zero-order valence-electron chi connectivity index (χ0n) is 12.7. The normalized spacial score (nSPS) is 14.5. The van der Waals surface area contributed by atoms with E-state index in [1.807, 2.05) is 25.2 Å². The van der Waals surface area contributed by atoms with Gasteiger partial charge in [0.1, 0.15) is 17.5 Å². The molecular formula is C17H17Cl2N3O. The van der Waals surface area contributed by atoms with Gasteiger partial charge in [-0.25, -0.2) is 4.98 Å². The maximum Gasteiger partial charge on any atom is 0.138 e. The second-order valence-electron chi connectivity index (χ2n) is 5.52. The lowest BCUT2D eigenvalue weighted by molar-refractivity contribution is 0.259. The molecule has 1 saturated carbocycles. The molecule has 1 aliphatic carbocycles. The van der Waals surface area contributed by atoms with Crippen molar-refractivity contribution in [1.29, 1.82) is 5.26 Å². The van der Waals surface area contributed by atoms with Gasteiger partial charge in [0.25, 0.3) is 0 Å². The van der Waals surface area contributed by atoms with Crippen LogP contribution in [0.25, 0.3) is 11.1 Å². The summed E-state index contributed by atoms with van der Waals surface area (Å²) < 4.78 is 5.85. The fraction of sp³-hybridized carbons (Fsp3) is 0.294. The third-order valence-corrected chi connectivity index (χ3v) is 4.32. The minimum atomic E-state index is 0. The number of ether oxygens (including phenoxy) is 1. The highest BCUT2D eigenvalue weighted by Gasteiger charge is 2.41. The van der Waals surface area contributed by atoms with Crippen LogP contribution >= 0.6 is 24.0 Å². The molecular weight excluding hydrogens is 333 g/mol. The first kappa shape index (κ1) is 17.6. The number of halogens is 2. The van der Waals surface area contributed by atoms with Crippen LogP contribution in [0.3, 0.4) is 0 Å². The van der Waals surface area contributed by atoms with E-state index >= 15 is 0 Å². The summed E-state index contributed by atoms with van der Waals surface area (Å²) in [6, 6.07) is 11.3. The molecule has 0 radical (unpaired) electrons. The van der Waals surface area contributed by atoms with Crippen LogP contribution < -0.4 is 10.1 Å². The topological polar surface area (TPSA) is 57.9 Å². The monoisotopic (exact) mass is 349 g/mol. The number of pyridine rings is 1. The van der Waals surface area contributed by atoms with Crippen LogP contribution in [-0.4, -0.2) is 24.2 Å². The lowest BCUT2D eigenvalue weighted by Gasteiger charge is -2.15. The summed E-state index contributed by atoms with van der Waals surface area (Å²) in [4.78, 5) is 4.19. The quantitative estimate of drug-likeness (QED) is 0.833. The van der Waals surface area contributed by atoms with Gasteiger partial charge in [-0.15, -0.1) is 12.4 Å². The van der Waals surface area contributed by atoms with E-state index in [1.165, 1.54) is 0 Å². The summed E-state index contributed by atoms with van der Waals surface area (Å²) >= 11 is 6.19. The first-order chi connectivity index (χ1) is 10.7. The van der Waals surface area contributed by atoms with Gasteiger partial charge in [-0.2, -0.15) is 5.26 Å². The average Bonchev–Trinajstić information content (AvgIpc) is 3.35. The maximum absolute atomic E-state index is 9.01. The van der Waals surface area contributed by atoms with Crippen molar-refractivity contribution in [3.05, 3.63) is 47.2 Å². The highest BCUT2D eigenvalue weighted by atomic mass is 35.5. The molecule has 0 saturated heterocycles. The van der Waals surface area contributed by atoms with Crippen LogP contribution in [0, 0.1) is 11.3 Å². The number of nitrogens with zero attached hydrogens (tertiary/aromatic N) is 2. The van der Waals surface area contributed by atoms with Crippen molar-refractivity contribution in [2.24, 2.45) is 0 Å². The van der Waals surface area contributed by atoms with E-state index in [4.69, 9.17) is 21.6 Å². The maximum atomic E-state index is 9.01. The molecule has 120 valence electrons. The molecule has 0 bridgehead atoms. The largest absolute Gasteiger partial charge is 0.490 e. The molecule has 1 aliphatic rings. The van der Waals surface area contributed by atoms with Gasteiger partial charge >= 0.3 is 0 Å². The Morgan fingerprint density at radius 1 is 1.39 bits per heavy atom. The summed E-state index contributed by atoms with van der Waals surface area (Å²) in [5, 5.41) is 12.7. The number of hydrogen-bond donors (Lipinski definition) is 1. The molecule has 0 spiro atoms. The second-order valence-corrected chi connectivity index (χ2v) is 5.88. The Kier molecular flexibility index (Phi) is 5.48. The molecule has 1 fully saturated rings. The van der Waals surface area contributed by atoms with E-state index in [9.17, 15) is 0 Å². The Balaban J connectivity index is 0.00000192. The van der Waals surface area contributed by atoms with Crippen molar-refractivity contribution in [3.63, 3.8) is 0 Å². The first-order valence-corrected chi connectivity index (χ1v) is 7.51. The number of likely N-dealkylation sites (N-methyl/N-ethyl adjacent to an activating group) is 1. The van der Waals surface area contributed by atoms with Gasteiger partial charge in [0, 0.05) is 5.56 Å². The molecule has 1 heterocycles. The van der Waals surface area contributed by atoms with Crippen molar-refractivity contribution in [3.8, 4) is 22.9 Å². The van der Waals surface area contributed by atoms with Gasteiger partial charge in [0.2, 0.25) is 0 Å². The molecule has 1 N–H and O–H groups in total. The molecule has 6 heteroatoms. The molecule has 0 amide bonds. The van der Waals surface area contributed by atoms with Gasteiger partial charge in [0.05, 0.1) is 23.4 Å². The molecule has 0 unspecified atom stereocenters. The van der Waals surface area contributed by atoms with E-state index in [0.29, 0.717) is 23.1 Å². The van der Waals surface area contributed by atoms with E-state index < -0.39 is 0 Å². The minimum Gasteiger partial charge on any atom is -0.490 e. The van der Waals surface area contributed by atoms with Gasteiger partial charge in [-0.3, -0.25) is 0 Å². The Labute approximate surface area is 146 Å². The Morgan fingerprint density at radius 3 is 2.83 bits per heavy atom. The summed E-state index contributed by atoms with van der Waals surface area (Å²) in [7, 11) is 1.95. The number of aromatic nitrogens is 1. The number of benzene rings is 1. The van der Waals surface area contributed by atoms with Gasteiger partial charge in [-0.05, 0) is 43.7 Å². The number of nitrogens with one attached hydrogen (secondary N) is 1. The molecule has 1 aromatic heterocycles. The predicted molar refractivity (Wildman–Crippen MR) is 93.2 cm³/mol. The summed E-state index contributed by atoms with van der Waals surface area (Å²) in [5.74, 6) is 0.684. The van der Waals surface area contributed by atoms with Gasteiger partial charge < -0.3 is 10.1 Å². The van der Waals surface area contributed by atoms with Crippen LogP contribution in [0.15, 0.2) is 36.5 Å². The minimum absolute atomic E-state index is 0. The lowest BCUT2D eigenvalue weighted by atomic mass is 10.1. The zero-order valence-corrected chi connectivity index (χ0v) is 14.2. The predicted octanol–water partition coefficient (Wildman–Crippen LogP) is 3.83. The highest BCUT2D eigenvalue weighted by molar-refractivity contribution is 6.32. The molecule has 4 nitrogen and oxygen atoms in total. The highest BCUT2D eigenvalue weighted by Crippen LogP contribution is 2.36. The van der Waals surface area contributed by atoms with Crippen LogP contribution in [0.2, 0.25) is 5.15 Å². The fourth-order valence-corrected chi connectivity index (χ4v) is 2.52. The van der Waals surface area contributed by atoms with E-state index in [-0.39, 0.29) is 17.9 Å². The Morgan fingerprint density at radius 2 is 2.17 bits per heavy atom. The van der Waals surface area contributed by atoms with E-state index in [1.54, 1.807) is 18.3 Å². The number of nitriles is 1. The van der Waals surface area contributed by atoms with Crippen LogP contribution in [-0.2, 0) is 0 Å². The second kappa shape index (κ2) is 7.18. The van der Waals surface area contributed by atoms with Crippen LogP contribution in [0.4, 0.5) is 0 Å². The Hall–Kier alpha value is -1.80. The molecule has 1 aromatic carbocycles. The van der Waals surface area contributed by atoms with Crippen LogP contribution in [0.1, 0.15) is 18.4 Å². The summed E-state index contributed by atoms with van der Waals surface area (Å²) in [6.45, 7) is 0.616. The van der Waals surface area contributed by atoms with E-state index in [0.717, 1.165) is 24.0 Å². The molecule has 3 rings (SSSR count). The first-order valence-electron chi connectivity index (χ1n) is 7.14. The third-order valence-electron chi connectivity index (χ3n) is 4.02. The van der Waals surface area contributed by atoms with Gasteiger partial charge in [0.15, 0.2) is 0 Å². The van der Waals surface area contributed by atoms with Gasteiger partial charge in [-0.1, -0.05) is 23.7 Å². The van der Waals surface area contributed by atoms with Crippen molar-refractivity contribution in [1.82, 2.24) is 10.3 Å². The molecule has 0 aliphatic heterocycles. The average molecular weight is 350 g/mol. The third kappa shape index (κ3) is 3.94.